The van der Waals surface area contributed by atoms with Crippen LogP contribution in [0.4, 0.5) is 0 Å². The highest BCUT2D eigenvalue weighted by Crippen LogP contribution is 2.31. The van der Waals surface area contributed by atoms with E-state index in [2.05, 4.69) is 74.1 Å². The van der Waals surface area contributed by atoms with Gasteiger partial charge in [-0.1, -0.05) is 91.8 Å². The van der Waals surface area contributed by atoms with Crippen LogP contribution in [0, 0.1) is 35.5 Å². The molecule has 0 aromatic rings. The van der Waals surface area contributed by atoms with Crippen LogP contribution in [0.1, 0.15) is 154 Å². The van der Waals surface area contributed by atoms with E-state index in [4.69, 9.17) is 0 Å². The summed E-state index contributed by atoms with van der Waals surface area (Å²) in [7, 11) is 0. The summed E-state index contributed by atoms with van der Waals surface area (Å²) in [5, 5.41) is 0. The van der Waals surface area contributed by atoms with Gasteiger partial charge in [0, 0.05) is 0 Å². The van der Waals surface area contributed by atoms with Crippen LogP contribution in [-0.2, 0) is 0 Å². The first kappa shape index (κ1) is 36.4. The molecule has 0 nitrogen and oxygen atoms in total. The zero-order valence-electron chi connectivity index (χ0n) is 24.0. The molecule has 3 atom stereocenters. The van der Waals surface area contributed by atoms with Gasteiger partial charge in [0.15, 0.2) is 0 Å². The number of hydrogen-bond acceptors (Lipinski definition) is 0. The van der Waals surface area contributed by atoms with Gasteiger partial charge >= 0.3 is 0 Å². The Hall–Kier alpha value is -0.780. The maximum absolute atomic E-state index is 4.07. The molecule has 0 bridgehead atoms. The number of hydrogen-bond donors (Lipinski definition) is 0. The van der Waals surface area contributed by atoms with Crippen LogP contribution in [0.15, 0.2) is 35.5 Å². The molecule has 0 spiro atoms. The Morgan fingerprint density at radius 3 is 1.74 bits per heavy atom. The largest absolute Gasteiger partial charge is 0.0999 e. The van der Waals surface area contributed by atoms with Gasteiger partial charge < -0.3 is 0 Å². The molecule has 3 aliphatic rings. The van der Waals surface area contributed by atoms with Crippen molar-refractivity contribution in [1.29, 1.82) is 0 Å². The van der Waals surface area contributed by atoms with Gasteiger partial charge in [0.25, 0.3) is 0 Å². The monoisotopic (exact) mass is 489 g/mol. The molecule has 3 aliphatic carbocycles. The van der Waals surface area contributed by atoms with Crippen LogP contribution >= 0.6 is 0 Å². The van der Waals surface area contributed by atoms with E-state index in [0.717, 1.165) is 35.5 Å². The quantitative estimate of drug-likeness (QED) is 0.326. The van der Waals surface area contributed by atoms with Gasteiger partial charge in [0.2, 0.25) is 0 Å². The van der Waals surface area contributed by atoms with Crippen molar-refractivity contribution in [2.45, 2.75) is 154 Å². The summed E-state index contributed by atoms with van der Waals surface area (Å²) in [5.41, 5.74) is 4.71. The van der Waals surface area contributed by atoms with E-state index >= 15 is 0 Å². The van der Waals surface area contributed by atoms with Gasteiger partial charge in [-0.15, -0.1) is 0 Å². The first-order chi connectivity index (χ1) is 15.5. The molecule has 208 valence electrons. The van der Waals surface area contributed by atoms with E-state index in [1.165, 1.54) is 89.0 Å². The van der Waals surface area contributed by atoms with E-state index in [-0.39, 0.29) is 14.9 Å². The van der Waals surface area contributed by atoms with Gasteiger partial charge in [-0.2, -0.15) is 0 Å². The van der Waals surface area contributed by atoms with Crippen molar-refractivity contribution in [3.05, 3.63) is 35.5 Å². The summed E-state index contributed by atoms with van der Waals surface area (Å²) >= 11 is 0. The van der Waals surface area contributed by atoms with E-state index < -0.39 is 0 Å². The topological polar surface area (TPSA) is 0 Å². The van der Waals surface area contributed by atoms with Crippen molar-refractivity contribution in [3.63, 3.8) is 0 Å². The van der Waals surface area contributed by atoms with E-state index in [1.54, 1.807) is 11.1 Å². The molecule has 1 saturated carbocycles. The molecule has 35 heavy (non-hydrogen) atoms. The van der Waals surface area contributed by atoms with Gasteiger partial charge in [0.05, 0.1) is 0 Å². The van der Waals surface area contributed by atoms with Gasteiger partial charge in [0.1, 0.15) is 0 Å². The molecule has 0 heterocycles. The molecule has 0 aromatic heterocycles. The molecule has 0 N–H and O–H groups in total. The predicted octanol–water partition coefficient (Wildman–Crippen LogP) is 12.6. The minimum Gasteiger partial charge on any atom is -0.0999 e. The molecule has 1 fully saturated rings. The zero-order valence-corrected chi connectivity index (χ0v) is 24.0. The molecule has 3 unspecified atom stereocenters. The highest BCUT2D eigenvalue weighted by molar-refractivity contribution is 5.05. The Bertz CT molecular complexity index is 577. The minimum atomic E-state index is 0. The third kappa shape index (κ3) is 19.1. The molecule has 0 aromatic carbocycles. The lowest BCUT2D eigenvalue weighted by molar-refractivity contribution is 0.347. The van der Waals surface area contributed by atoms with Crippen molar-refractivity contribution in [2.24, 2.45) is 35.5 Å². The third-order valence-corrected chi connectivity index (χ3v) is 7.45. The van der Waals surface area contributed by atoms with Crippen LogP contribution in [0.2, 0.25) is 0 Å². The summed E-state index contributed by atoms with van der Waals surface area (Å²) in [5.74, 6) is 5.44. The second-order valence-corrected chi connectivity index (χ2v) is 13.0. The molecule has 0 radical (unpaired) electrons. The van der Waals surface area contributed by atoms with Crippen molar-refractivity contribution in [1.82, 2.24) is 0 Å². The highest BCUT2D eigenvalue weighted by Gasteiger charge is 2.16. The normalized spacial score (nSPS) is 24.2. The molecule has 0 heteroatoms. The second-order valence-electron chi connectivity index (χ2n) is 13.0. The van der Waals surface area contributed by atoms with Crippen molar-refractivity contribution >= 4 is 0 Å². The van der Waals surface area contributed by atoms with E-state index in [0.29, 0.717) is 0 Å². The average Bonchev–Trinajstić information content (AvgIpc) is 2.67. The summed E-state index contributed by atoms with van der Waals surface area (Å²) in [6, 6.07) is 0. The Balaban J connectivity index is 0. The zero-order chi connectivity index (χ0) is 24.8. The fourth-order valence-corrected chi connectivity index (χ4v) is 6.20. The lowest BCUT2D eigenvalue weighted by Crippen LogP contribution is -2.10. The van der Waals surface area contributed by atoms with Crippen molar-refractivity contribution < 1.29 is 0 Å². The number of allylic oxidation sites excluding steroid dienone is 5. The maximum Gasteiger partial charge on any atom is -0.0228 e. The third-order valence-electron chi connectivity index (χ3n) is 7.45. The van der Waals surface area contributed by atoms with E-state index in [9.17, 15) is 0 Å². The van der Waals surface area contributed by atoms with E-state index in [1.807, 2.05) is 0 Å². The Morgan fingerprint density at radius 2 is 1.26 bits per heavy atom. The molecule has 0 aliphatic heterocycles. The lowest BCUT2D eigenvalue weighted by atomic mass is 9.81. The Morgan fingerprint density at radius 1 is 0.714 bits per heavy atom. The Labute approximate surface area is 224 Å². The lowest BCUT2D eigenvalue weighted by Gasteiger charge is -2.24. The van der Waals surface area contributed by atoms with Crippen molar-refractivity contribution in [2.75, 3.05) is 0 Å². The van der Waals surface area contributed by atoms with Crippen LogP contribution in [-0.4, -0.2) is 0 Å². The molecular weight excluding hydrogens is 420 g/mol. The fourth-order valence-electron chi connectivity index (χ4n) is 6.20. The Kier molecular flexibility index (Phi) is 21.1. The summed E-state index contributed by atoms with van der Waals surface area (Å²) in [6.07, 6.45) is 22.8. The molecule has 0 amide bonds. The summed E-state index contributed by atoms with van der Waals surface area (Å²) < 4.78 is 0. The molecule has 0 saturated heterocycles. The van der Waals surface area contributed by atoms with Gasteiger partial charge in [-0.25, -0.2) is 0 Å². The first-order valence-corrected chi connectivity index (χ1v) is 14.5. The predicted molar refractivity (Wildman–Crippen MR) is 165 cm³/mol. The fraction of sp³-hybridized carbons (Fsp3) is 0.829. The SMILES string of the molecule is C.C.C=C1CCCC(CC(C)C)C1.CC1=CC(CC(C)C)CCC1.CC1=CCCC(CC(C)C)C1. The van der Waals surface area contributed by atoms with Crippen LogP contribution in [0.3, 0.4) is 0 Å². The second kappa shape index (κ2) is 20.3. The maximum atomic E-state index is 4.07. The summed E-state index contributed by atoms with van der Waals surface area (Å²) in [4.78, 5) is 0. The van der Waals surface area contributed by atoms with Gasteiger partial charge in [-0.05, 0) is 133 Å². The van der Waals surface area contributed by atoms with Crippen molar-refractivity contribution in [3.8, 4) is 0 Å². The first-order valence-electron chi connectivity index (χ1n) is 14.5. The molecule has 3 rings (SSSR count). The standard InChI is InChI=1S/3C11H20.2CH4/c3*1-9(2)7-11-6-4-5-10(3)8-11;;/h8-9,11H,4-7H2,1-3H3;5,9,11H,4,6-8H2,1-3H3;9,11H,3-8H2,1-2H3;2*1H4. The highest BCUT2D eigenvalue weighted by atomic mass is 14.2. The number of rotatable bonds is 6. The van der Waals surface area contributed by atoms with Crippen LogP contribution in [0.25, 0.3) is 0 Å². The summed E-state index contributed by atoms with van der Waals surface area (Å²) in [6.45, 7) is 22.5. The van der Waals surface area contributed by atoms with Gasteiger partial charge in [-0.3, -0.25) is 0 Å². The average molecular weight is 489 g/mol. The molecular formula is C35H68. The van der Waals surface area contributed by atoms with Crippen LogP contribution in [0.5, 0.6) is 0 Å². The smallest absolute Gasteiger partial charge is 0.0228 e. The minimum absolute atomic E-state index is 0. The van der Waals surface area contributed by atoms with Crippen LogP contribution < -0.4 is 0 Å².